The van der Waals surface area contributed by atoms with E-state index < -0.39 is 22.9 Å². The molecule has 0 aliphatic carbocycles. The highest BCUT2D eigenvalue weighted by Crippen LogP contribution is 2.34. The number of amides is 3. The minimum absolute atomic E-state index is 0.00510. The molecule has 0 radical (unpaired) electrons. The number of hydrogen-bond donors (Lipinski definition) is 0. The van der Waals surface area contributed by atoms with Crippen LogP contribution in [-0.4, -0.2) is 22.0 Å². The van der Waals surface area contributed by atoms with Gasteiger partial charge in [0.05, 0.1) is 10.5 Å². The first-order valence-corrected chi connectivity index (χ1v) is 8.41. The molecule has 120 valence electrons. The zero-order chi connectivity index (χ0) is 17.3. The lowest BCUT2D eigenvalue weighted by atomic mass is 10.2. The highest BCUT2D eigenvalue weighted by molar-refractivity contribution is 9.10. The summed E-state index contributed by atoms with van der Waals surface area (Å²) < 4.78 is 14.2. The number of hydrogen-bond acceptors (Lipinski definition) is 4. The molecule has 3 rings (SSSR count). The monoisotopic (exact) mass is 405 g/mol. The summed E-state index contributed by atoms with van der Waals surface area (Å²) in [4.78, 5) is 37.6. The van der Waals surface area contributed by atoms with Gasteiger partial charge in [0.25, 0.3) is 11.8 Å². The maximum Gasteiger partial charge on any atom is 0.300 e. The van der Waals surface area contributed by atoms with E-state index in [1.807, 2.05) is 0 Å². The van der Waals surface area contributed by atoms with Crippen molar-refractivity contribution in [2.24, 2.45) is 0 Å². The maximum atomic E-state index is 13.7. The number of imide groups is 3. The van der Waals surface area contributed by atoms with E-state index in [4.69, 9.17) is 0 Å². The molecule has 0 saturated carbocycles. The van der Waals surface area contributed by atoms with Crippen molar-refractivity contribution >= 4 is 50.8 Å². The van der Waals surface area contributed by atoms with Crippen molar-refractivity contribution in [2.75, 3.05) is 0 Å². The molecule has 7 heteroatoms. The van der Waals surface area contributed by atoms with Gasteiger partial charge < -0.3 is 0 Å². The minimum atomic E-state index is -0.756. The normalized spacial score (nSPS) is 16.1. The fourth-order valence-corrected chi connectivity index (χ4v) is 3.40. The molecule has 0 N–H and O–H groups in total. The third kappa shape index (κ3) is 3.05. The van der Waals surface area contributed by atoms with Gasteiger partial charge in [-0.15, -0.1) is 0 Å². The van der Waals surface area contributed by atoms with Crippen molar-refractivity contribution in [1.29, 1.82) is 0 Å². The number of rotatable bonds is 2. The van der Waals surface area contributed by atoms with Crippen molar-refractivity contribution < 1.29 is 18.8 Å². The predicted octanol–water partition coefficient (Wildman–Crippen LogP) is 4.46. The van der Waals surface area contributed by atoms with Gasteiger partial charge in [-0.1, -0.05) is 30.3 Å². The van der Waals surface area contributed by atoms with Crippen molar-refractivity contribution in [3.63, 3.8) is 0 Å². The van der Waals surface area contributed by atoms with Gasteiger partial charge in [0.15, 0.2) is 0 Å². The number of nitrogens with zero attached hydrogens (tertiary/aromatic N) is 1. The van der Waals surface area contributed by atoms with Crippen LogP contribution in [0.4, 0.5) is 9.18 Å². The molecule has 0 unspecified atom stereocenters. The molecule has 1 aliphatic rings. The standard InChI is InChI=1S/C17H9BrFNO3S/c18-12-7-3-2-6-11(12)15(21)20-16(22)14(24-17(20)23)9-10-5-1-4-8-13(10)19/h1-9H. The van der Waals surface area contributed by atoms with Gasteiger partial charge in [0.2, 0.25) is 0 Å². The average Bonchev–Trinajstić information content (AvgIpc) is 2.83. The van der Waals surface area contributed by atoms with E-state index >= 15 is 0 Å². The molecule has 2 aromatic carbocycles. The first-order chi connectivity index (χ1) is 11.5. The molecule has 1 fully saturated rings. The van der Waals surface area contributed by atoms with E-state index in [0.29, 0.717) is 21.1 Å². The van der Waals surface area contributed by atoms with Gasteiger partial charge in [-0.2, -0.15) is 0 Å². The molecule has 0 bridgehead atoms. The first-order valence-electron chi connectivity index (χ1n) is 6.80. The smallest absolute Gasteiger partial charge is 0.268 e. The minimum Gasteiger partial charge on any atom is -0.268 e. The molecule has 1 aliphatic heterocycles. The van der Waals surface area contributed by atoms with Gasteiger partial charge in [0.1, 0.15) is 5.82 Å². The van der Waals surface area contributed by atoms with Crippen LogP contribution < -0.4 is 0 Å². The molecular weight excluding hydrogens is 397 g/mol. The molecule has 0 aromatic heterocycles. The van der Waals surface area contributed by atoms with Crippen LogP contribution in [-0.2, 0) is 4.79 Å². The second kappa shape index (κ2) is 6.70. The second-order valence-electron chi connectivity index (χ2n) is 4.82. The van der Waals surface area contributed by atoms with E-state index in [1.54, 1.807) is 24.3 Å². The zero-order valence-corrected chi connectivity index (χ0v) is 14.4. The molecule has 0 atom stereocenters. The van der Waals surface area contributed by atoms with Crippen LogP contribution in [0.5, 0.6) is 0 Å². The third-order valence-electron chi connectivity index (χ3n) is 3.29. The van der Waals surface area contributed by atoms with Crippen molar-refractivity contribution in [2.45, 2.75) is 0 Å². The molecule has 24 heavy (non-hydrogen) atoms. The summed E-state index contributed by atoms with van der Waals surface area (Å²) in [5, 5.41) is -0.705. The Bertz CT molecular complexity index is 897. The van der Waals surface area contributed by atoms with Crippen LogP contribution in [0.25, 0.3) is 6.08 Å². The molecule has 0 spiro atoms. The Balaban J connectivity index is 1.94. The Morgan fingerprint density at radius 3 is 2.46 bits per heavy atom. The quantitative estimate of drug-likeness (QED) is 0.546. The van der Waals surface area contributed by atoms with Crippen LogP contribution in [0.2, 0.25) is 0 Å². The van der Waals surface area contributed by atoms with Crippen LogP contribution in [0, 0.1) is 5.82 Å². The van der Waals surface area contributed by atoms with Crippen LogP contribution in [0.3, 0.4) is 0 Å². The maximum absolute atomic E-state index is 13.7. The van der Waals surface area contributed by atoms with E-state index in [0.717, 1.165) is 0 Å². The first kappa shape index (κ1) is 16.6. The van der Waals surface area contributed by atoms with Gasteiger partial charge >= 0.3 is 5.24 Å². The van der Waals surface area contributed by atoms with Gasteiger partial charge in [-0.3, -0.25) is 14.4 Å². The van der Waals surface area contributed by atoms with E-state index in [1.165, 1.54) is 30.3 Å². The van der Waals surface area contributed by atoms with Crippen LogP contribution >= 0.6 is 27.7 Å². The molecule has 4 nitrogen and oxygen atoms in total. The van der Waals surface area contributed by atoms with Gasteiger partial charge in [-0.25, -0.2) is 9.29 Å². The Morgan fingerprint density at radius 1 is 1.08 bits per heavy atom. The van der Waals surface area contributed by atoms with Crippen LogP contribution in [0.15, 0.2) is 57.9 Å². The van der Waals surface area contributed by atoms with Crippen LogP contribution in [0.1, 0.15) is 15.9 Å². The van der Waals surface area contributed by atoms with Crippen molar-refractivity contribution in [1.82, 2.24) is 4.90 Å². The summed E-state index contributed by atoms with van der Waals surface area (Å²) in [5.41, 5.74) is 0.378. The second-order valence-corrected chi connectivity index (χ2v) is 6.67. The lowest BCUT2D eigenvalue weighted by Crippen LogP contribution is -2.35. The summed E-state index contributed by atoms with van der Waals surface area (Å²) in [6, 6.07) is 12.4. The summed E-state index contributed by atoms with van der Waals surface area (Å²) in [7, 11) is 0. The van der Waals surface area contributed by atoms with E-state index in [2.05, 4.69) is 15.9 Å². The van der Waals surface area contributed by atoms with Crippen molar-refractivity contribution in [3.05, 3.63) is 74.9 Å². The topological polar surface area (TPSA) is 54.5 Å². The van der Waals surface area contributed by atoms with Gasteiger partial charge in [0, 0.05) is 10.0 Å². The highest BCUT2D eigenvalue weighted by Gasteiger charge is 2.40. The largest absolute Gasteiger partial charge is 0.300 e. The van der Waals surface area contributed by atoms with Gasteiger partial charge in [-0.05, 0) is 52.0 Å². The highest BCUT2D eigenvalue weighted by atomic mass is 79.9. The number of benzene rings is 2. The Kier molecular flexibility index (Phi) is 4.64. The summed E-state index contributed by atoms with van der Waals surface area (Å²) in [6.45, 7) is 0. The summed E-state index contributed by atoms with van der Waals surface area (Å²) in [5.74, 6) is -1.99. The van der Waals surface area contributed by atoms with E-state index in [9.17, 15) is 18.8 Å². The zero-order valence-electron chi connectivity index (χ0n) is 12.0. The Morgan fingerprint density at radius 2 is 1.75 bits per heavy atom. The lowest BCUT2D eigenvalue weighted by Gasteiger charge is -2.11. The van der Waals surface area contributed by atoms with Crippen molar-refractivity contribution in [3.8, 4) is 0 Å². The molecule has 1 heterocycles. The number of halogens is 2. The molecule has 1 saturated heterocycles. The fourth-order valence-electron chi connectivity index (χ4n) is 2.13. The summed E-state index contributed by atoms with van der Waals surface area (Å²) >= 11 is 3.83. The fraction of sp³-hybridized carbons (Fsp3) is 0. The third-order valence-corrected chi connectivity index (χ3v) is 4.85. The molecular formula is C17H9BrFNO3S. The Labute approximate surface area is 149 Å². The number of carbonyl (C=O) groups is 3. The predicted molar refractivity (Wildman–Crippen MR) is 92.7 cm³/mol. The SMILES string of the molecule is O=C1SC(=Cc2ccccc2F)C(=O)N1C(=O)c1ccccc1Br. The molecule has 2 aromatic rings. The molecule has 3 amide bonds. The summed E-state index contributed by atoms with van der Waals surface area (Å²) in [6.07, 6.45) is 1.27. The lowest BCUT2D eigenvalue weighted by molar-refractivity contribution is -0.120. The van der Waals surface area contributed by atoms with E-state index in [-0.39, 0.29) is 16.0 Å². The average molecular weight is 406 g/mol. The number of thioether (sulfide) groups is 1. The Hall–Kier alpha value is -2.25. The number of carbonyl (C=O) groups excluding carboxylic acids is 3.